The molecule has 0 unspecified atom stereocenters. The maximum Gasteiger partial charge on any atom is 0.407 e. The molecule has 2 saturated heterocycles. The summed E-state index contributed by atoms with van der Waals surface area (Å²) in [5.41, 5.74) is 4.23. The Morgan fingerprint density at radius 3 is 2.51 bits per heavy atom. The van der Waals surface area contributed by atoms with E-state index < -0.39 is 19.8 Å². The fourth-order valence-corrected chi connectivity index (χ4v) is 7.40. The van der Waals surface area contributed by atoms with Gasteiger partial charge in [0.15, 0.2) is 0 Å². The minimum absolute atomic E-state index is 0.00895. The number of amides is 2. The molecule has 13 nitrogen and oxygen atoms in total. The van der Waals surface area contributed by atoms with Gasteiger partial charge >= 0.3 is 6.09 Å². The molecule has 4 aromatic rings. The second kappa shape index (κ2) is 16.7. The van der Waals surface area contributed by atoms with E-state index in [2.05, 4.69) is 60.7 Å². The minimum atomic E-state index is -1.25. The summed E-state index contributed by atoms with van der Waals surface area (Å²) in [6.07, 6.45) is 4.77. The molecule has 2 aliphatic heterocycles. The Kier molecular flexibility index (Phi) is 12.1. The van der Waals surface area contributed by atoms with Crippen LogP contribution in [-0.2, 0) is 27.5 Å². The highest BCUT2D eigenvalue weighted by Gasteiger charge is 2.25. The van der Waals surface area contributed by atoms with E-state index >= 15 is 0 Å². The number of aromatic nitrogens is 4. The number of hydrogen-bond donors (Lipinski definition) is 2. The zero-order valence-corrected chi connectivity index (χ0v) is 33.0. The quantitative estimate of drug-likeness (QED) is 0.124. The van der Waals surface area contributed by atoms with Gasteiger partial charge in [-0.3, -0.25) is 14.7 Å². The molecule has 1 aromatic carbocycles. The number of fused-ring (bicyclic) bond motifs is 1. The van der Waals surface area contributed by atoms with Crippen molar-refractivity contribution in [2.75, 3.05) is 56.2 Å². The summed E-state index contributed by atoms with van der Waals surface area (Å²) < 4.78 is 19.4. The number of rotatable bonds is 12. The molecule has 0 saturated carbocycles. The standard InChI is InChI=1S/C39H54N8O5Si/c1-39(2,3)52-38(49)44-31-8-7-15-45(25-31)24-28-13-14-40-33(22-28)37(48)43-30-11-9-29(10-12-30)34-23-32-35(46-16-18-50-19-17-46)41-26-42-36(32)47(34)27-51-20-21-53(4,5)6/h9-14,22-23,26,31H,7-8,15-21,24-25,27H2,1-6H3,(H,43,48)(H,44,49)/t31-/m1/s1. The van der Waals surface area contributed by atoms with E-state index in [4.69, 9.17) is 19.2 Å². The average Bonchev–Trinajstić information content (AvgIpc) is 3.48. The van der Waals surface area contributed by atoms with Gasteiger partial charge in [0.1, 0.15) is 35.8 Å². The van der Waals surface area contributed by atoms with Gasteiger partial charge in [-0.15, -0.1) is 0 Å². The normalized spacial score (nSPS) is 17.2. The third-order valence-corrected chi connectivity index (χ3v) is 11.0. The predicted octanol–water partition coefficient (Wildman–Crippen LogP) is 6.38. The summed E-state index contributed by atoms with van der Waals surface area (Å²) in [4.78, 5) is 44.0. The van der Waals surface area contributed by atoms with Crippen LogP contribution in [-0.4, -0.2) is 102 Å². The molecule has 53 heavy (non-hydrogen) atoms. The van der Waals surface area contributed by atoms with Crippen molar-refractivity contribution in [2.45, 2.75) is 84.2 Å². The number of benzene rings is 1. The molecule has 14 heteroatoms. The number of likely N-dealkylation sites (tertiary alicyclic amines) is 1. The van der Waals surface area contributed by atoms with Crippen LogP contribution in [0.3, 0.4) is 0 Å². The summed E-state index contributed by atoms with van der Waals surface area (Å²) in [5.74, 6) is 0.620. The lowest BCUT2D eigenvalue weighted by Gasteiger charge is -2.33. The van der Waals surface area contributed by atoms with Crippen LogP contribution in [0.5, 0.6) is 0 Å². The molecule has 2 fully saturated rings. The van der Waals surface area contributed by atoms with Crippen molar-refractivity contribution in [2.24, 2.45) is 0 Å². The zero-order valence-electron chi connectivity index (χ0n) is 32.0. The average molecular weight is 743 g/mol. The summed E-state index contributed by atoms with van der Waals surface area (Å²) in [7, 11) is -1.25. The van der Waals surface area contributed by atoms with Crippen molar-refractivity contribution >= 4 is 42.6 Å². The minimum Gasteiger partial charge on any atom is -0.444 e. The second-order valence-electron chi connectivity index (χ2n) is 16.1. The van der Waals surface area contributed by atoms with E-state index in [1.165, 1.54) is 0 Å². The SMILES string of the molecule is CC(C)(C)OC(=O)N[C@@H]1CCCN(Cc2ccnc(C(=O)Nc3ccc(-c4cc5c(N6CCOCC6)ncnc5n4COCC[Si](C)(C)C)cc3)c2)C1. The van der Waals surface area contributed by atoms with Crippen molar-refractivity contribution in [1.29, 1.82) is 0 Å². The van der Waals surface area contributed by atoms with E-state index in [9.17, 15) is 9.59 Å². The van der Waals surface area contributed by atoms with Crippen LogP contribution < -0.4 is 15.5 Å². The molecule has 2 aliphatic rings. The lowest BCUT2D eigenvalue weighted by molar-refractivity contribution is 0.0470. The topological polar surface area (TPSA) is 136 Å². The highest BCUT2D eigenvalue weighted by atomic mass is 28.3. The summed E-state index contributed by atoms with van der Waals surface area (Å²) in [6.45, 7) is 18.8. The zero-order chi connectivity index (χ0) is 37.6. The Balaban J connectivity index is 1.13. The van der Waals surface area contributed by atoms with Crippen LogP contribution in [0.25, 0.3) is 22.3 Å². The largest absolute Gasteiger partial charge is 0.444 e. The third-order valence-electron chi connectivity index (χ3n) is 9.32. The first-order valence-corrected chi connectivity index (χ1v) is 22.4. The van der Waals surface area contributed by atoms with Gasteiger partial charge in [-0.1, -0.05) is 31.8 Å². The number of nitrogens with zero attached hydrogens (tertiary/aromatic N) is 6. The van der Waals surface area contributed by atoms with Gasteiger partial charge in [-0.05, 0) is 87.7 Å². The molecule has 3 aromatic heterocycles. The van der Waals surface area contributed by atoms with E-state index in [1.807, 2.05) is 57.2 Å². The molecule has 1 atom stereocenters. The van der Waals surface area contributed by atoms with E-state index in [0.717, 1.165) is 72.2 Å². The van der Waals surface area contributed by atoms with Gasteiger partial charge in [0.2, 0.25) is 0 Å². The van der Waals surface area contributed by atoms with Gasteiger partial charge in [-0.2, -0.15) is 0 Å². The fraction of sp³-hybridized carbons (Fsp3) is 0.513. The number of anilines is 2. The molecule has 5 heterocycles. The lowest BCUT2D eigenvalue weighted by atomic mass is 10.0. The number of pyridine rings is 1. The number of ether oxygens (including phenoxy) is 3. The van der Waals surface area contributed by atoms with E-state index in [1.54, 1.807) is 12.5 Å². The number of carbonyl (C=O) groups excluding carboxylic acids is 2. The van der Waals surface area contributed by atoms with Crippen LogP contribution >= 0.6 is 0 Å². The number of hydrogen-bond acceptors (Lipinski definition) is 10. The Bertz CT molecular complexity index is 1860. The van der Waals surface area contributed by atoms with Gasteiger partial charge in [-0.25, -0.2) is 14.8 Å². The van der Waals surface area contributed by atoms with Gasteiger partial charge in [0.25, 0.3) is 5.91 Å². The van der Waals surface area contributed by atoms with Crippen LogP contribution in [0.2, 0.25) is 25.7 Å². The molecule has 0 spiro atoms. The highest BCUT2D eigenvalue weighted by Crippen LogP contribution is 2.33. The Morgan fingerprint density at radius 1 is 1.00 bits per heavy atom. The number of alkyl carbamates (subject to hydrolysis) is 1. The molecule has 0 bridgehead atoms. The van der Waals surface area contributed by atoms with Crippen molar-refractivity contribution in [1.82, 2.24) is 29.7 Å². The first-order chi connectivity index (χ1) is 25.3. The first kappa shape index (κ1) is 38.4. The Hall–Kier alpha value is -4.37. The molecule has 0 radical (unpaired) electrons. The van der Waals surface area contributed by atoms with E-state index in [0.29, 0.717) is 51.0 Å². The van der Waals surface area contributed by atoms with Crippen LogP contribution in [0.15, 0.2) is 55.0 Å². The fourth-order valence-electron chi connectivity index (χ4n) is 6.65. The maximum atomic E-state index is 13.4. The summed E-state index contributed by atoms with van der Waals surface area (Å²) in [5, 5.41) is 7.00. The second-order valence-corrected chi connectivity index (χ2v) is 21.8. The van der Waals surface area contributed by atoms with Gasteiger partial charge in [0, 0.05) is 58.8 Å². The van der Waals surface area contributed by atoms with Crippen molar-refractivity contribution in [3.8, 4) is 11.3 Å². The number of piperidine rings is 1. The first-order valence-electron chi connectivity index (χ1n) is 18.6. The highest BCUT2D eigenvalue weighted by molar-refractivity contribution is 6.76. The molecule has 2 N–H and O–H groups in total. The smallest absolute Gasteiger partial charge is 0.407 e. The molecule has 0 aliphatic carbocycles. The summed E-state index contributed by atoms with van der Waals surface area (Å²) >= 11 is 0. The number of morpholine rings is 1. The van der Waals surface area contributed by atoms with Crippen LogP contribution in [0.1, 0.15) is 49.7 Å². The summed E-state index contributed by atoms with van der Waals surface area (Å²) in [6, 6.07) is 14.8. The molecule has 6 rings (SSSR count). The van der Waals surface area contributed by atoms with E-state index in [-0.39, 0.29) is 11.9 Å². The monoisotopic (exact) mass is 742 g/mol. The molecular formula is C39H54N8O5Si. The Labute approximate surface area is 313 Å². The predicted molar refractivity (Wildman–Crippen MR) is 210 cm³/mol. The van der Waals surface area contributed by atoms with Crippen molar-refractivity contribution < 1.29 is 23.8 Å². The Morgan fingerprint density at radius 2 is 1.77 bits per heavy atom. The van der Waals surface area contributed by atoms with Crippen LogP contribution in [0, 0.1) is 0 Å². The van der Waals surface area contributed by atoms with Crippen molar-refractivity contribution in [3.63, 3.8) is 0 Å². The van der Waals surface area contributed by atoms with Crippen LogP contribution in [0.4, 0.5) is 16.3 Å². The number of carbonyl (C=O) groups is 2. The maximum absolute atomic E-state index is 13.4. The van der Waals surface area contributed by atoms with Crippen molar-refractivity contribution in [3.05, 3.63) is 66.2 Å². The molecule has 284 valence electrons. The third kappa shape index (κ3) is 10.6. The molecular weight excluding hydrogens is 689 g/mol. The van der Waals surface area contributed by atoms with Gasteiger partial charge in [0.05, 0.1) is 24.3 Å². The lowest BCUT2D eigenvalue weighted by Crippen LogP contribution is -2.48. The number of nitrogens with one attached hydrogen (secondary N) is 2. The van der Waals surface area contributed by atoms with Gasteiger partial charge < -0.3 is 34.3 Å². The molecule has 2 amide bonds.